The van der Waals surface area contributed by atoms with Crippen molar-refractivity contribution >= 4 is 22.4 Å². The van der Waals surface area contributed by atoms with Gasteiger partial charge < -0.3 is 10.1 Å². The van der Waals surface area contributed by atoms with Crippen LogP contribution in [0.1, 0.15) is 26.3 Å². The molecule has 0 aliphatic carbocycles. The summed E-state index contributed by atoms with van der Waals surface area (Å²) in [5.74, 6) is 0.711. The molecular weight excluding hydrogens is 312 g/mol. The van der Waals surface area contributed by atoms with E-state index in [9.17, 15) is 8.42 Å². The third-order valence-corrected chi connectivity index (χ3v) is 4.31. The Morgan fingerprint density at radius 1 is 1.24 bits per heavy atom. The maximum atomic E-state index is 12.2. The van der Waals surface area contributed by atoms with Gasteiger partial charge in [-0.25, -0.2) is 13.1 Å². The summed E-state index contributed by atoms with van der Waals surface area (Å²) in [6.07, 6.45) is 0.0609. The van der Waals surface area contributed by atoms with E-state index in [1.807, 2.05) is 27.7 Å². The van der Waals surface area contributed by atoms with Gasteiger partial charge in [0, 0.05) is 12.6 Å². The molecule has 1 aromatic carbocycles. The Hall–Kier alpha value is -0.820. The highest BCUT2D eigenvalue weighted by molar-refractivity contribution is 7.89. The molecule has 0 fully saturated rings. The van der Waals surface area contributed by atoms with Crippen molar-refractivity contribution < 1.29 is 13.2 Å². The normalized spacial score (nSPS) is 12.9. The lowest BCUT2D eigenvalue weighted by Crippen LogP contribution is -2.37. The van der Waals surface area contributed by atoms with E-state index in [2.05, 4.69) is 10.0 Å². The summed E-state index contributed by atoms with van der Waals surface area (Å²) in [7, 11) is -1.69. The Labute approximate surface area is 133 Å². The van der Waals surface area contributed by atoms with E-state index < -0.39 is 10.0 Å². The predicted octanol–water partition coefficient (Wildman–Crippen LogP) is 2.09. The fourth-order valence-electron chi connectivity index (χ4n) is 1.60. The quantitative estimate of drug-likeness (QED) is 0.800. The molecule has 0 bridgehead atoms. The van der Waals surface area contributed by atoms with Crippen LogP contribution in [0.5, 0.6) is 5.75 Å². The van der Waals surface area contributed by atoms with Crippen LogP contribution in [0.3, 0.4) is 0 Å². The minimum atomic E-state index is -3.48. The Morgan fingerprint density at radius 2 is 1.86 bits per heavy atom. The van der Waals surface area contributed by atoms with Gasteiger partial charge >= 0.3 is 0 Å². The predicted molar refractivity (Wildman–Crippen MR) is 87.9 cm³/mol. The lowest BCUT2D eigenvalue weighted by molar-refractivity contribution is 0.240. The zero-order valence-electron chi connectivity index (χ0n) is 13.1. The SMILES string of the molecule is CNC(C)CNS(=O)(=O)c1ccc(OC(C)C)c(C)c1.Cl. The number of hydrogen-bond acceptors (Lipinski definition) is 4. The summed E-state index contributed by atoms with van der Waals surface area (Å²) in [5, 5.41) is 2.98. The molecule has 0 saturated carbocycles. The third-order valence-electron chi connectivity index (χ3n) is 2.89. The average molecular weight is 337 g/mol. The molecular formula is C14H25ClN2O3S. The highest BCUT2D eigenvalue weighted by Gasteiger charge is 2.16. The van der Waals surface area contributed by atoms with Crippen molar-refractivity contribution in [3.8, 4) is 5.75 Å². The second-order valence-electron chi connectivity index (χ2n) is 5.14. The van der Waals surface area contributed by atoms with Crippen LogP contribution in [0.15, 0.2) is 23.1 Å². The number of ether oxygens (including phenoxy) is 1. The molecule has 1 rings (SSSR count). The molecule has 0 heterocycles. The van der Waals surface area contributed by atoms with Crippen molar-refractivity contribution in [2.75, 3.05) is 13.6 Å². The molecule has 2 N–H and O–H groups in total. The molecule has 0 aliphatic heterocycles. The molecule has 7 heteroatoms. The van der Waals surface area contributed by atoms with Gasteiger partial charge in [-0.1, -0.05) is 0 Å². The smallest absolute Gasteiger partial charge is 0.240 e. The second kappa shape index (κ2) is 8.58. The number of nitrogens with one attached hydrogen (secondary N) is 2. The molecule has 0 radical (unpaired) electrons. The molecule has 21 heavy (non-hydrogen) atoms. The lowest BCUT2D eigenvalue weighted by atomic mass is 10.2. The zero-order chi connectivity index (χ0) is 15.3. The first-order valence-electron chi connectivity index (χ1n) is 6.70. The van der Waals surface area contributed by atoms with E-state index in [1.54, 1.807) is 25.2 Å². The first-order chi connectivity index (χ1) is 9.26. The second-order valence-corrected chi connectivity index (χ2v) is 6.90. The van der Waals surface area contributed by atoms with Crippen molar-refractivity contribution in [1.29, 1.82) is 0 Å². The van der Waals surface area contributed by atoms with E-state index in [0.29, 0.717) is 12.3 Å². The maximum absolute atomic E-state index is 12.2. The molecule has 1 unspecified atom stereocenters. The largest absolute Gasteiger partial charge is 0.491 e. The molecule has 0 saturated heterocycles. The third kappa shape index (κ3) is 6.22. The topological polar surface area (TPSA) is 67.4 Å². The molecule has 5 nitrogen and oxygen atoms in total. The van der Waals surface area contributed by atoms with Crippen LogP contribution < -0.4 is 14.8 Å². The van der Waals surface area contributed by atoms with Gasteiger partial charge in [0.05, 0.1) is 11.0 Å². The number of aryl methyl sites for hydroxylation is 1. The van der Waals surface area contributed by atoms with Crippen LogP contribution in [-0.2, 0) is 10.0 Å². The summed E-state index contributed by atoms with van der Waals surface area (Å²) in [5.41, 5.74) is 0.809. The molecule has 1 aromatic rings. The monoisotopic (exact) mass is 336 g/mol. The van der Waals surface area contributed by atoms with Gasteiger partial charge in [0.15, 0.2) is 0 Å². The minimum Gasteiger partial charge on any atom is -0.491 e. The van der Waals surface area contributed by atoms with Crippen LogP contribution in [0.2, 0.25) is 0 Å². The Kier molecular flexibility index (Phi) is 8.25. The van der Waals surface area contributed by atoms with Gasteiger partial charge in [-0.3, -0.25) is 0 Å². The first kappa shape index (κ1) is 20.2. The first-order valence-corrected chi connectivity index (χ1v) is 8.19. The number of sulfonamides is 1. The highest BCUT2D eigenvalue weighted by Crippen LogP contribution is 2.22. The summed E-state index contributed by atoms with van der Waals surface area (Å²) < 4.78 is 32.5. The van der Waals surface area contributed by atoms with Crippen LogP contribution in [0.25, 0.3) is 0 Å². The molecule has 0 spiro atoms. The van der Waals surface area contributed by atoms with E-state index in [4.69, 9.17) is 4.74 Å². The molecule has 0 amide bonds. The molecule has 0 aliphatic rings. The van der Waals surface area contributed by atoms with E-state index in [0.717, 1.165) is 5.56 Å². The zero-order valence-corrected chi connectivity index (χ0v) is 14.8. The van der Waals surface area contributed by atoms with Crippen LogP contribution >= 0.6 is 12.4 Å². The van der Waals surface area contributed by atoms with Gasteiger partial charge in [0.1, 0.15) is 5.75 Å². The van der Waals surface area contributed by atoms with E-state index >= 15 is 0 Å². The van der Waals surface area contributed by atoms with Crippen LogP contribution in [-0.4, -0.2) is 34.2 Å². The summed E-state index contributed by atoms with van der Waals surface area (Å²) >= 11 is 0. The summed E-state index contributed by atoms with van der Waals surface area (Å²) in [6.45, 7) is 7.97. The Bertz CT molecular complexity index is 547. The van der Waals surface area contributed by atoms with Crippen molar-refractivity contribution in [1.82, 2.24) is 10.0 Å². The van der Waals surface area contributed by atoms with Gasteiger partial charge in [0.2, 0.25) is 10.0 Å². The van der Waals surface area contributed by atoms with Crippen molar-refractivity contribution in [3.63, 3.8) is 0 Å². The number of hydrogen-bond donors (Lipinski definition) is 2. The summed E-state index contributed by atoms with van der Waals surface area (Å²) in [6, 6.07) is 4.97. The number of rotatable bonds is 7. The van der Waals surface area contributed by atoms with Crippen molar-refractivity contribution in [2.24, 2.45) is 0 Å². The highest BCUT2D eigenvalue weighted by atomic mass is 35.5. The maximum Gasteiger partial charge on any atom is 0.240 e. The van der Waals surface area contributed by atoms with E-state index in [-0.39, 0.29) is 29.4 Å². The Morgan fingerprint density at radius 3 is 2.33 bits per heavy atom. The van der Waals surface area contributed by atoms with Crippen LogP contribution in [0.4, 0.5) is 0 Å². The van der Waals surface area contributed by atoms with Gasteiger partial charge in [0.25, 0.3) is 0 Å². The molecule has 0 aromatic heterocycles. The average Bonchev–Trinajstić information content (AvgIpc) is 2.37. The fourth-order valence-corrected chi connectivity index (χ4v) is 2.81. The van der Waals surface area contributed by atoms with Gasteiger partial charge in [-0.05, 0) is 58.5 Å². The van der Waals surface area contributed by atoms with Crippen molar-refractivity contribution in [2.45, 2.75) is 44.7 Å². The van der Waals surface area contributed by atoms with Gasteiger partial charge in [-0.2, -0.15) is 0 Å². The summed E-state index contributed by atoms with van der Waals surface area (Å²) in [4.78, 5) is 0.259. The van der Waals surface area contributed by atoms with Crippen molar-refractivity contribution in [3.05, 3.63) is 23.8 Å². The lowest BCUT2D eigenvalue weighted by Gasteiger charge is -2.15. The minimum absolute atomic E-state index is 0. The number of likely N-dealkylation sites (N-methyl/N-ethyl adjacent to an activating group) is 1. The van der Waals surface area contributed by atoms with Gasteiger partial charge in [-0.15, -0.1) is 12.4 Å². The standard InChI is InChI=1S/C14H24N2O3S.ClH/c1-10(2)19-14-7-6-13(8-11(14)3)20(17,18)16-9-12(4)15-5;/h6-8,10,12,15-16H,9H2,1-5H3;1H. The molecule has 1 atom stereocenters. The van der Waals surface area contributed by atoms with Crippen LogP contribution in [0, 0.1) is 6.92 Å². The fraction of sp³-hybridized carbons (Fsp3) is 0.571. The van der Waals surface area contributed by atoms with E-state index in [1.165, 1.54) is 0 Å². The number of halogens is 1. The Balaban J connectivity index is 0.00000400. The number of benzene rings is 1. The molecule has 122 valence electrons.